The number of carbonyl (C=O) groups excluding carboxylic acids is 1. The molecule has 0 spiro atoms. The summed E-state index contributed by atoms with van der Waals surface area (Å²) in [6, 6.07) is 10.1. The van der Waals surface area contributed by atoms with E-state index in [0.29, 0.717) is 6.42 Å². The molecular weight excluding hydrogens is 258 g/mol. The van der Waals surface area contributed by atoms with Gasteiger partial charge in [-0.15, -0.1) is 11.3 Å². The number of aromatic nitrogens is 1. The van der Waals surface area contributed by atoms with Crippen LogP contribution in [0.5, 0.6) is 0 Å². The number of thiazole rings is 1. The van der Waals surface area contributed by atoms with E-state index in [9.17, 15) is 4.79 Å². The Morgan fingerprint density at radius 1 is 1.32 bits per heavy atom. The van der Waals surface area contributed by atoms with Gasteiger partial charge in [-0.25, -0.2) is 4.98 Å². The highest BCUT2D eigenvalue weighted by Gasteiger charge is 2.03. The molecule has 1 amide bonds. The largest absolute Gasteiger partial charge is 0.370 e. The number of nitrogens with zero attached hydrogens (tertiary/aromatic N) is 1. The number of benzene rings is 1. The first-order valence-electron chi connectivity index (χ1n) is 6.24. The predicted molar refractivity (Wildman–Crippen MR) is 77.7 cm³/mol. The fraction of sp³-hybridized carbons (Fsp3) is 0.286. The molecule has 5 heteroatoms. The second-order valence-corrected chi connectivity index (χ2v) is 5.18. The van der Waals surface area contributed by atoms with E-state index in [1.807, 2.05) is 18.2 Å². The number of primary amides is 1. The van der Waals surface area contributed by atoms with Gasteiger partial charge in [0.25, 0.3) is 0 Å². The van der Waals surface area contributed by atoms with Crippen molar-refractivity contribution in [1.82, 2.24) is 10.3 Å². The molecule has 100 valence electrons. The molecule has 1 aromatic carbocycles. The van der Waals surface area contributed by atoms with E-state index >= 15 is 0 Å². The quantitative estimate of drug-likeness (QED) is 0.761. The van der Waals surface area contributed by atoms with Crippen LogP contribution in [-0.4, -0.2) is 17.4 Å². The van der Waals surface area contributed by atoms with Crippen molar-refractivity contribution in [2.24, 2.45) is 5.73 Å². The van der Waals surface area contributed by atoms with Crippen molar-refractivity contribution in [3.05, 3.63) is 40.7 Å². The maximum absolute atomic E-state index is 10.6. The molecule has 0 bridgehead atoms. The summed E-state index contributed by atoms with van der Waals surface area (Å²) >= 11 is 1.64. The van der Waals surface area contributed by atoms with Gasteiger partial charge >= 0.3 is 0 Å². The van der Waals surface area contributed by atoms with Crippen molar-refractivity contribution in [1.29, 1.82) is 0 Å². The fourth-order valence-electron chi connectivity index (χ4n) is 1.72. The second-order valence-electron chi connectivity index (χ2n) is 4.24. The Morgan fingerprint density at radius 2 is 2.11 bits per heavy atom. The van der Waals surface area contributed by atoms with E-state index in [4.69, 9.17) is 5.73 Å². The number of hydrogen-bond donors (Lipinski definition) is 2. The van der Waals surface area contributed by atoms with Gasteiger partial charge in [0.05, 0.1) is 5.69 Å². The molecule has 0 saturated carbocycles. The first kappa shape index (κ1) is 13.7. The van der Waals surface area contributed by atoms with Gasteiger partial charge in [-0.3, -0.25) is 4.79 Å². The minimum Gasteiger partial charge on any atom is -0.370 e. The molecule has 0 aliphatic rings. The van der Waals surface area contributed by atoms with E-state index in [-0.39, 0.29) is 5.91 Å². The van der Waals surface area contributed by atoms with E-state index in [1.54, 1.807) is 11.3 Å². The van der Waals surface area contributed by atoms with Crippen molar-refractivity contribution >= 4 is 17.2 Å². The SMILES string of the molecule is NC(=O)CCCNCc1nc(-c2ccccc2)cs1. The highest BCUT2D eigenvalue weighted by Crippen LogP contribution is 2.21. The topological polar surface area (TPSA) is 68.0 Å². The maximum atomic E-state index is 10.6. The van der Waals surface area contributed by atoms with Crippen molar-refractivity contribution in [3.63, 3.8) is 0 Å². The van der Waals surface area contributed by atoms with Crippen molar-refractivity contribution < 1.29 is 4.79 Å². The zero-order valence-electron chi connectivity index (χ0n) is 10.6. The molecule has 3 N–H and O–H groups in total. The van der Waals surface area contributed by atoms with Crippen LogP contribution < -0.4 is 11.1 Å². The summed E-state index contributed by atoms with van der Waals surface area (Å²) in [6.07, 6.45) is 1.20. The number of amides is 1. The smallest absolute Gasteiger partial charge is 0.217 e. The molecule has 1 aromatic heterocycles. The van der Waals surface area contributed by atoms with Crippen LogP contribution in [0.15, 0.2) is 35.7 Å². The third kappa shape index (κ3) is 4.46. The first-order chi connectivity index (χ1) is 9.25. The highest BCUT2D eigenvalue weighted by atomic mass is 32.1. The van der Waals surface area contributed by atoms with Gasteiger partial charge in [0.15, 0.2) is 0 Å². The van der Waals surface area contributed by atoms with E-state index in [0.717, 1.165) is 35.8 Å². The molecule has 1 heterocycles. The number of rotatable bonds is 7. The third-order valence-electron chi connectivity index (χ3n) is 2.67. The lowest BCUT2D eigenvalue weighted by atomic mass is 10.2. The average Bonchev–Trinajstić information content (AvgIpc) is 2.88. The summed E-state index contributed by atoms with van der Waals surface area (Å²) in [5.41, 5.74) is 7.23. The molecular formula is C14H17N3OS. The number of nitrogens with two attached hydrogens (primary N) is 1. The van der Waals surface area contributed by atoms with Crippen LogP contribution in [0.4, 0.5) is 0 Å². The molecule has 0 aliphatic heterocycles. The van der Waals surface area contributed by atoms with Crippen LogP contribution in [-0.2, 0) is 11.3 Å². The molecule has 0 unspecified atom stereocenters. The molecule has 2 rings (SSSR count). The summed E-state index contributed by atoms with van der Waals surface area (Å²) in [5, 5.41) is 6.38. The number of carbonyl (C=O) groups is 1. The first-order valence-corrected chi connectivity index (χ1v) is 7.12. The van der Waals surface area contributed by atoms with Gasteiger partial charge in [0, 0.05) is 23.9 Å². The fourth-order valence-corrected chi connectivity index (χ4v) is 2.49. The van der Waals surface area contributed by atoms with Gasteiger partial charge in [0.1, 0.15) is 5.01 Å². The Bertz CT molecular complexity index is 524. The Balaban J connectivity index is 1.80. The van der Waals surface area contributed by atoms with Gasteiger partial charge < -0.3 is 11.1 Å². The molecule has 0 saturated heterocycles. The van der Waals surface area contributed by atoms with Crippen molar-refractivity contribution in [3.8, 4) is 11.3 Å². The molecule has 0 atom stereocenters. The average molecular weight is 275 g/mol. The number of nitrogens with one attached hydrogen (secondary N) is 1. The van der Waals surface area contributed by atoms with Gasteiger partial charge in [-0.05, 0) is 13.0 Å². The van der Waals surface area contributed by atoms with E-state index < -0.39 is 0 Å². The Hall–Kier alpha value is -1.72. The monoisotopic (exact) mass is 275 g/mol. The second kappa shape index (κ2) is 7.01. The summed E-state index contributed by atoms with van der Waals surface area (Å²) in [6.45, 7) is 1.51. The highest BCUT2D eigenvalue weighted by molar-refractivity contribution is 7.09. The summed E-state index contributed by atoms with van der Waals surface area (Å²) in [5.74, 6) is -0.248. The summed E-state index contributed by atoms with van der Waals surface area (Å²) < 4.78 is 0. The van der Waals surface area contributed by atoms with Crippen LogP contribution in [0.2, 0.25) is 0 Å². The van der Waals surface area contributed by atoms with Crippen LogP contribution in [0.3, 0.4) is 0 Å². The maximum Gasteiger partial charge on any atom is 0.217 e. The molecule has 0 fully saturated rings. The predicted octanol–water partition coefficient (Wildman–Crippen LogP) is 2.17. The zero-order valence-corrected chi connectivity index (χ0v) is 11.5. The molecule has 2 aromatic rings. The van der Waals surface area contributed by atoms with Gasteiger partial charge in [0.2, 0.25) is 5.91 Å². The lowest BCUT2D eigenvalue weighted by Crippen LogP contribution is -2.18. The van der Waals surface area contributed by atoms with Crippen LogP contribution in [0, 0.1) is 0 Å². The summed E-state index contributed by atoms with van der Waals surface area (Å²) in [7, 11) is 0. The Morgan fingerprint density at radius 3 is 2.84 bits per heavy atom. The molecule has 4 nitrogen and oxygen atoms in total. The third-order valence-corrected chi connectivity index (χ3v) is 3.52. The van der Waals surface area contributed by atoms with E-state index in [2.05, 4.69) is 27.8 Å². The van der Waals surface area contributed by atoms with Crippen molar-refractivity contribution in [2.45, 2.75) is 19.4 Å². The van der Waals surface area contributed by atoms with Crippen LogP contribution in [0.25, 0.3) is 11.3 Å². The van der Waals surface area contributed by atoms with Crippen LogP contribution >= 0.6 is 11.3 Å². The standard InChI is InChI=1S/C14H17N3OS/c15-13(18)7-4-8-16-9-14-17-12(10-19-14)11-5-2-1-3-6-11/h1-3,5-6,10,16H,4,7-9H2,(H2,15,18). The number of hydrogen-bond acceptors (Lipinski definition) is 4. The molecule has 0 radical (unpaired) electrons. The van der Waals surface area contributed by atoms with Gasteiger partial charge in [-0.1, -0.05) is 30.3 Å². The Labute approximate surface area is 116 Å². The normalized spacial score (nSPS) is 10.5. The Kier molecular flexibility index (Phi) is 5.06. The minimum absolute atomic E-state index is 0.248. The minimum atomic E-state index is -0.248. The van der Waals surface area contributed by atoms with E-state index in [1.165, 1.54) is 0 Å². The van der Waals surface area contributed by atoms with Crippen LogP contribution in [0.1, 0.15) is 17.8 Å². The lowest BCUT2D eigenvalue weighted by Gasteiger charge is -2.00. The van der Waals surface area contributed by atoms with Crippen molar-refractivity contribution in [2.75, 3.05) is 6.54 Å². The molecule has 0 aliphatic carbocycles. The lowest BCUT2D eigenvalue weighted by molar-refractivity contribution is -0.118. The zero-order chi connectivity index (χ0) is 13.5. The van der Waals surface area contributed by atoms with Gasteiger partial charge in [-0.2, -0.15) is 0 Å². The molecule has 19 heavy (non-hydrogen) atoms. The summed E-state index contributed by atoms with van der Waals surface area (Å²) in [4.78, 5) is 15.2.